The lowest BCUT2D eigenvalue weighted by Gasteiger charge is -2.18. The van der Waals surface area contributed by atoms with Gasteiger partial charge >= 0.3 is 0 Å². The quantitative estimate of drug-likeness (QED) is 0.839. The second-order valence-corrected chi connectivity index (χ2v) is 5.39. The summed E-state index contributed by atoms with van der Waals surface area (Å²) in [7, 11) is 0. The molecule has 20 heavy (non-hydrogen) atoms. The van der Waals surface area contributed by atoms with Crippen LogP contribution in [0.1, 0.15) is 31.7 Å². The maximum Gasteiger partial charge on any atom is 0.152 e. The van der Waals surface area contributed by atoms with Gasteiger partial charge in [-0.2, -0.15) is 5.10 Å². The first kappa shape index (κ1) is 15.2. The molecule has 5 heteroatoms. The van der Waals surface area contributed by atoms with E-state index in [1.54, 1.807) is 0 Å². The molecule has 0 amide bonds. The summed E-state index contributed by atoms with van der Waals surface area (Å²) < 4.78 is 1.96. The minimum absolute atomic E-state index is 0.296. The van der Waals surface area contributed by atoms with Gasteiger partial charge in [0, 0.05) is 31.7 Å². The van der Waals surface area contributed by atoms with Gasteiger partial charge in [-0.3, -0.25) is 14.4 Å². The molecule has 1 aliphatic heterocycles. The summed E-state index contributed by atoms with van der Waals surface area (Å²) in [6, 6.07) is 2.07. The Kier molecular flexibility index (Phi) is 5.73. The number of rotatable bonds is 6. The topological polar surface area (TPSA) is 50.2 Å². The first-order valence-electron chi connectivity index (χ1n) is 7.73. The van der Waals surface area contributed by atoms with Gasteiger partial charge in [0.15, 0.2) is 5.78 Å². The van der Waals surface area contributed by atoms with E-state index < -0.39 is 0 Å². The lowest BCUT2D eigenvalue weighted by molar-refractivity contribution is -0.119. The summed E-state index contributed by atoms with van der Waals surface area (Å²) >= 11 is 0. The molecule has 0 bridgehead atoms. The third-order valence-electron chi connectivity index (χ3n) is 3.79. The van der Waals surface area contributed by atoms with Crippen molar-refractivity contribution in [2.45, 2.75) is 39.7 Å². The Balaban J connectivity index is 1.91. The predicted octanol–water partition coefficient (Wildman–Crippen LogP) is 0.872. The van der Waals surface area contributed by atoms with Gasteiger partial charge in [0.1, 0.15) is 0 Å². The van der Waals surface area contributed by atoms with Gasteiger partial charge in [-0.25, -0.2) is 0 Å². The first-order valence-corrected chi connectivity index (χ1v) is 7.73. The summed E-state index contributed by atoms with van der Waals surface area (Å²) in [5, 5.41) is 7.87. The zero-order valence-electron chi connectivity index (χ0n) is 12.7. The molecule has 1 aliphatic rings. The molecule has 0 aromatic carbocycles. The molecule has 1 saturated heterocycles. The number of carbonyl (C=O) groups excluding carboxylic acids is 1. The minimum atomic E-state index is 0.296. The maximum absolute atomic E-state index is 12.3. The molecule has 5 nitrogen and oxygen atoms in total. The molecule has 0 aliphatic carbocycles. The van der Waals surface area contributed by atoms with Gasteiger partial charge < -0.3 is 5.32 Å². The molecule has 1 N–H and O–H groups in total. The third kappa shape index (κ3) is 4.15. The van der Waals surface area contributed by atoms with Crippen LogP contribution in [-0.2, 0) is 24.2 Å². The van der Waals surface area contributed by atoms with E-state index >= 15 is 0 Å². The van der Waals surface area contributed by atoms with E-state index in [4.69, 9.17) is 0 Å². The maximum atomic E-state index is 12.3. The molecule has 2 heterocycles. The van der Waals surface area contributed by atoms with Crippen LogP contribution in [0.3, 0.4) is 0 Å². The highest BCUT2D eigenvalue weighted by molar-refractivity contribution is 5.82. The average Bonchev–Trinajstić information content (AvgIpc) is 2.65. The van der Waals surface area contributed by atoms with Gasteiger partial charge in [0.2, 0.25) is 0 Å². The molecule has 2 rings (SSSR count). The number of carbonyl (C=O) groups is 1. The summed E-state index contributed by atoms with van der Waals surface area (Å²) in [6.07, 6.45) is 2.55. The average molecular weight is 278 g/mol. The summed E-state index contributed by atoms with van der Waals surface area (Å²) in [4.78, 5) is 14.5. The summed E-state index contributed by atoms with van der Waals surface area (Å²) in [5.41, 5.74) is 2.14. The van der Waals surface area contributed by atoms with Crippen molar-refractivity contribution < 1.29 is 4.79 Å². The van der Waals surface area contributed by atoms with Crippen molar-refractivity contribution in [2.24, 2.45) is 0 Å². The van der Waals surface area contributed by atoms with E-state index in [0.29, 0.717) is 18.7 Å². The molecule has 112 valence electrons. The largest absolute Gasteiger partial charge is 0.315 e. The molecule has 0 saturated carbocycles. The summed E-state index contributed by atoms with van der Waals surface area (Å²) in [5.74, 6) is 0.296. The van der Waals surface area contributed by atoms with Crippen molar-refractivity contribution in [1.82, 2.24) is 20.0 Å². The summed E-state index contributed by atoms with van der Waals surface area (Å²) in [6.45, 7) is 9.60. The third-order valence-corrected chi connectivity index (χ3v) is 3.79. The zero-order chi connectivity index (χ0) is 14.4. The number of hydrogen-bond donors (Lipinski definition) is 1. The van der Waals surface area contributed by atoms with Crippen LogP contribution < -0.4 is 5.32 Å². The molecule has 0 unspecified atom stereocenters. The molecule has 0 atom stereocenters. The van der Waals surface area contributed by atoms with E-state index in [2.05, 4.69) is 35.2 Å². The molecular formula is C15H26N4O. The van der Waals surface area contributed by atoms with Crippen LogP contribution >= 0.6 is 0 Å². The number of Topliss-reactive ketones (excluding diaryl/α,β-unsaturated/α-hetero) is 1. The Labute approximate surface area is 121 Å². The monoisotopic (exact) mass is 278 g/mol. The second-order valence-electron chi connectivity index (χ2n) is 5.39. The lowest BCUT2D eigenvalue weighted by Crippen LogP contribution is -2.33. The fourth-order valence-corrected chi connectivity index (χ4v) is 2.67. The lowest BCUT2D eigenvalue weighted by atomic mass is 10.2. The van der Waals surface area contributed by atoms with Crippen LogP contribution in [0.25, 0.3) is 0 Å². The number of ketones is 1. The number of aromatic nitrogens is 2. The van der Waals surface area contributed by atoms with Gasteiger partial charge in [-0.15, -0.1) is 0 Å². The number of nitrogens with one attached hydrogen (secondary N) is 1. The van der Waals surface area contributed by atoms with Crippen LogP contribution in [0.4, 0.5) is 0 Å². The van der Waals surface area contributed by atoms with E-state index in [9.17, 15) is 4.79 Å². The fourth-order valence-electron chi connectivity index (χ4n) is 2.67. The molecule has 0 radical (unpaired) electrons. The highest BCUT2D eigenvalue weighted by Crippen LogP contribution is 2.08. The highest BCUT2D eigenvalue weighted by Gasteiger charge is 2.15. The van der Waals surface area contributed by atoms with Gasteiger partial charge in [-0.1, -0.05) is 6.92 Å². The Bertz CT molecular complexity index is 433. The van der Waals surface area contributed by atoms with Crippen molar-refractivity contribution >= 4 is 5.78 Å². The molecule has 0 spiro atoms. The van der Waals surface area contributed by atoms with Crippen molar-refractivity contribution in [2.75, 3.05) is 32.7 Å². The highest BCUT2D eigenvalue weighted by atomic mass is 16.1. The number of aryl methyl sites for hydroxylation is 2. The van der Waals surface area contributed by atoms with Crippen molar-refractivity contribution in [3.8, 4) is 0 Å². The Hall–Kier alpha value is -1.20. The zero-order valence-corrected chi connectivity index (χ0v) is 12.7. The van der Waals surface area contributed by atoms with E-state index in [-0.39, 0.29) is 0 Å². The van der Waals surface area contributed by atoms with Crippen LogP contribution in [0.2, 0.25) is 0 Å². The van der Waals surface area contributed by atoms with Crippen molar-refractivity contribution in [1.29, 1.82) is 0 Å². The van der Waals surface area contributed by atoms with Crippen LogP contribution in [0.5, 0.6) is 0 Å². The van der Waals surface area contributed by atoms with Crippen LogP contribution in [0.15, 0.2) is 6.07 Å². The van der Waals surface area contributed by atoms with E-state index in [1.165, 1.54) is 0 Å². The molecule has 1 fully saturated rings. The standard InChI is InChI=1S/C15H26N4O/c1-3-13-10-14(19(4-2)17-13)11-15(20)12-18-8-5-6-16-7-9-18/h10,16H,3-9,11-12H2,1-2H3. The first-order chi connectivity index (χ1) is 9.72. The van der Waals surface area contributed by atoms with Crippen molar-refractivity contribution in [3.63, 3.8) is 0 Å². The fraction of sp³-hybridized carbons (Fsp3) is 0.733. The van der Waals surface area contributed by atoms with Gasteiger partial charge in [0.25, 0.3) is 0 Å². The minimum Gasteiger partial charge on any atom is -0.315 e. The Morgan fingerprint density at radius 1 is 1.35 bits per heavy atom. The number of hydrogen-bond acceptors (Lipinski definition) is 4. The normalized spacial score (nSPS) is 17.1. The van der Waals surface area contributed by atoms with Gasteiger partial charge in [0.05, 0.1) is 12.2 Å². The van der Waals surface area contributed by atoms with E-state index in [0.717, 1.165) is 57.0 Å². The van der Waals surface area contributed by atoms with Crippen molar-refractivity contribution in [3.05, 3.63) is 17.5 Å². The molecular weight excluding hydrogens is 252 g/mol. The molecule has 1 aromatic rings. The van der Waals surface area contributed by atoms with Crippen LogP contribution in [0, 0.1) is 0 Å². The predicted molar refractivity (Wildman–Crippen MR) is 79.9 cm³/mol. The Morgan fingerprint density at radius 3 is 2.95 bits per heavy atom. The second kappa shape index (κ2) is 7.55. The SMILES string of the molecule is CCc1cc(CC(=O)CN2CCCNCC2)n(CC)n1. The molecule has 1 aromatic heterocycles. The number of nitrogens with zero attached hydrogens (tertiary/aromatic N) is 3. The smallest absolute Gasteiger partial charge is 0.152 e. The van der Waals surface area contributed by atoms with Gasteiger partial charge in [-0.05, 0) is 38.9 Å². The Morgan fingerprint density at radius 2 is 2.20 bits per heavy atom. The van der Waals surface area contributed by atoms with E-state index in [1.807, 2.05) is 4.68 Å². The van der Waals surface area contributed by atoms with Crippen LogP contribution in [-0.4, -0.2) is 53.2 Å².